The number of carbonyl (C=O) groups excluding carboxylic acids is 1. The van der Waals surface area contributed by atoms with E-state index in [0.29, 0.717) is 37.5 Å². The quantitative estimate of drug-likeness (QED) is 0.661. The molecule has 2 aromatic rings. The van der Waals surface area contributed by atoms with E-state index in [2.05, 4.69) is 22.0 Å². The molecule has 4 aliphatic heterocycles. The van der Waals surface area contributed by atoms with Gasteiger partial charge in [0.2, 0.25) is 0 Å². The first-order chi connectivity index (χ1) is 18.2. The first-order valence-electron chi connectivity index (χ1n) is 13.4. The third-order valence-corrected chi connectivity index (χ3v) is 8.68. The SMILES string of the molecule is COc1cccc(-c2cc(F)ccc2C23CC4=NC(C)NC(C)=C4C(=O)N2CC(C)(N2CCOCC2)C3)c1. The molecule has 4 aliphatic rings. The van der Waals surface area contributed by atoms with E-state index in [1.54, 1.807) is 13.2 Å². The summed E-state index contributed by atoms with van der Waals surface area (Å²) >= 11 is 0. The number of halogens is 1. The average molecular weight is 519 g/mol. The second-order valence-electron chi connectivity index (χ2n) is 11.2. The Labute approximate surface area is 223 Å². The lowest BCUT2D eigenvalue weighted by molar-refractivity contribution is -0.132. The highest BCUT2D eigenvalue weighted by molar-refractivity contribution is 6.25. The van der Waals surface area contributed by atoms with Crippen LogP contribution >= 0.6 is 0 Å². The zero-order chi connectivity index (χ0) is 26.7. The molecule has 0 radical (unpaired) electrons. The maximum Gasteiger partial charge on any atom is 0.258 e. The van der Waals surface area contributed by atoms with Crippen LogP contribution in [0.4, 0.5) is 4.39 Å². The molecular formula is C30H35FN4O3. The molecule has 0 spiro atoms. The van der Waals surface area contributed by atoms with E-state index in [1.165, 1.54) is 6.07 Å². The Morgan fingerprint density at radius 2 is 1.97 bits per heavy atom. The van der Waals surface area contributed by atoms with Crippen LogP contribution in [-0.2, 0) is 15.1 Å². The zero-order valence-corrected chi connectivity index (χ0v) is 22.5. The third-order valence-electron chi connectivity index (χ3n) is 8.68. The van der Waals surface area contributed by atoms with Crippen molar-refractivity contribution in [2.75, 3.05) is 40.0 Å². The summed E-state index contributed by atoms with van der Waals surface area (Å²) in [4.78, 5) is 23.8. The Kier molecular flexibility index (Phi) is 6.07. The monoisotopic (exact) mass is 518 g/mol. The predicted octanol–water partition coefficient (Wildman–Crippen LogP) is 4.09. The van der Waals surface area contributed by atoms with E-state index in [-0.39, 0.29) is 23.4 Å². The summed E-state index contributed by atoms with van der Waals surface area (Å²) in [5.41, 5.74) is 4.03. The second kappa shape index (κ2) is 9.20. The van der Waals surface area contributed by atoms with Crippen molar-refractivity contribution < 1.29 is 18.7 Å². The summed E-state index contributed by atoms with van der Waals surface area (Å²) in [6.07, 6.45) is 1.20. The summed E-state index contributed by atoms with van der Waals surface area (Å²) in [7, 11) is 1.63. The molecule has 3 atom stereocenters. The van der Waals surface area contributed by atoms with Gasteiger partial charge in [-0.15, -0.1) is 0 Å². The molecule has 7 nitrogen and oxygen atoms in total. The highest BCUT2D eigenvalue weighted by Gasteiger charge is 2.60. The number of aliphatic imine (C=N–C) groups is 1. The van der Waals surface area contributed by atoms with Crippen LogP contribution in [0.3, 0.4) is 0 Å². The number of hydrogen-bond acceptors (Lipinski definition) is 6. The van der Waals surface area contributed by atoms with Crippen molar-refractivity contribution in [3.8, 4) is 16.9 Å². The van der Waals surface area contributed by atoms with E-state index in [1.807, 2.05) is 44.2 Å². The van der Waals surface area contributed by atoms with Gasteiger partial charge in [0.15, 0.2) is 0 Å². The first kappa shape index (κ1) is 25.1. The molecule has 3 saturated heterocycles. The minimum absolute atomic E-state index is 0.00944. The summed E-state index contributed by atoms with van der Waals surface area (Å²) in [5, 5.41) is 3.34. The predicted molar refractivity (Wildman–Crippen MR) is 145 cm³/mol. The van der Waals surface area contributed by atoms with Crippen LogP contribution in [0.2, 0.25) is 0 Å². The number of rotatable bonds is 4. The van der Waals surface area contributed by atoms with E-state index in [9.17, 15) is 9.18 Å². The van der Waals surface area contributed by atoms with E-state index >= 15 is 0 Å². The topological polar surface area (TPSA) is 66.4 Å². The normalized spacial score (nSPS) is 29.5. The Bertz CT molecular complexity index is 1350. The van der Waals surface area contributed by atoms with Gasteiger partial charge >= 0.3 is 0 Å². The van der Waals surface area contributed by atoms with Crippen LogP contribution in [0.15, 0.2) is 58.7 Å². The summed E-state index contributed by atoms with van der Waals surface area (Å²) in [6.45, 7) is 9.81. The number of allylic oxidation sites excluding steroid dienone is 1. The van der Waals surface area contributed by atoms with Gasteiger partial charge in [-0.05, 0) is 68.1 Å². The number of hydrogen-bond donors (Lipinski definition) is 1. The molecule has 0 saturated carbocycles. The molecule has 8 heteroatoms. The van der Waals surface area contributed by atoms with Crippen molar-refractivity contribution in [1.29, 1.82) is 0 Å². The number of amides is 1. The van der Waals surface area contributed by atoms with Gasteiger partial charge in [0.25, 0.3) is 5.91 Å². The molecule has 3 fully saturated rings. The van der Waals surface area contributed by atoms with Crippen molar-refractivity contribution in [2.24, 2.45) is 4.99 Å². The number of piperidine rings is 1. The van der Waals surface area contributed by atoms with Crippen LogP contribution < -0.4 is 10.1 Å². The van der Waals surface area contributed by atoms with Gasteiger partial charge in [-0.2, -0.15) is 0 Å². The minimum Gasteiger partial charge on any atom is -0.497 e. The van der Waals surface area contributed by atoms with Crippen LogP contribution in [0.5, 0.6) is 5.75 Å². The highest BCUT2D eigenvalue weighted by Crippen LogP contribution is 2.54. The van der Waals surface area contributed by atoms with Gasteiger partial charge in [0.1, 0.15) is 17.7 Å². The van der Waals surface area contributed by atoms with E-state index in [0.717, 1.165) is 47.6 Å². The fourth-order valence-electron chi connectivity index (χ4n) is 7.06. The Morgan fingerprint density at radius 1 is 1.18 bits per heavy atom. The number of nitrogens with one attached hydrogen (secondary N) is 1. The number of morpholine rings is 1. The van der Waals surface area contributed by atoms with Gasteiger partial charge in [-0.3, -0.25) is 14.7 Å². The van der Waals surface area contributed by atoms with Crippen molar-refractivity contribution in [2.45, 2.75) is 50.9 Å². The van der Waals surface area contributed by atoms with Gasteiger partial charge in [0.05, 0.1) is 37.1 Å². The fraction of sp³-hybridized carbons (Fsp3) is 0.467. The number of fused-ring (bicyclic) bond motifs is 2. The fourth-order valence-corrected chi connectivity index (χ4v) is 7.06. The largest absolute Gasteiger partial charge is 0.497 e. The Morgan fingerprint density at radius 3 is 2.74 bits per heavy atom. The molecule has 38 heavy (non-hydrogen) atoms. The number of nitrogens with zero attached hydrogens (tertiary/aromatic N) is 3. The Hall–Kier alpha value is -3.23. The molecule has 0 aromatic heterocycles. The third kappa shape index (κ3) is 3.93. The number of benzene rings is 2. The molecular weight excluding hydrogens is 483 g/mol. The molecule has 1 amide bonds. The van der Waals surface area contributed by atoms with Gasteiger partial charge in [-0.1, -0.05) is 18.2 Å². The molecule has 4 heterocycles. The first-order valence-corrected chi connectivity index (χ1v) is 13.4. The molecule has 3 unspecified atom stereocenters. The molecule has 0 bridgehead atoms. The number of carbonyl (C=O) groups is 1. The van der Waals surface area contributed by atoms with Crippen LogP contribution in [0.1, 0.15) is 39.2 Å². The van der Waals surface area contributed by atoms with Crippen molar-refractivity contribution in [3.63, 3.8) is 0 Å². The van der Waals surface area contributed by atoms with Crippen molar-refractivity contribution in [3.05, 3.63) is 65.1 Å². The van der Waals surface area contributed by atoms with Crippen molar-refractivity contribution >= 4 is 11.6 Å². The summed E-state index contributed by atoms with van der Waals surface area (Å²) in [6, 6.07) is 12.7. The number of methoxy groups -OCH3 is 1. The minimum atomic E-state index is -0.671. The summed E-state index contributed by atoms with van der Waals surface area (Å²) < 4.78 is 26.0. The van der Waals surface area contributed by atoms with E-state index in [4.69, 9.17) is 14.5 Å². The van der Waals surface area contributed by atoms with Crippen LogP contribution in [0.25, 0.3) is 11.1 Å². The highest BCUT2D eigenvalue weighted by atomic mass is 19.1. The lowest BCUT2D eigenvalue weighted by Crippen LogP contribution is -2.55. The Balaban J connectivity index is 1.56. The molecule has 0 aliphatic carbocycles. The zero-order valence-electron chi connectivity index (χ0n) is 22.5. The maximum atomic E-state index is 14.8. The number of ether oxygens (including phenoxy) is 2. The molecule has 200 valence electrons. The standard InChI is InChI=1S/C30H35FN4O3/c1-19-27-26(33-20(2)32-19)16-30(17-29(3,18-35(30)28(27)36)34-10-12-38-13-11-34)25-9-8-22(31)15-24(25)21-6-5-7-23(14-21)37-4/h5-9,14-15,20,32H,10-13,16-18H2,1-4H3. The lowest BCUT2D eigenvalue weighted by atomic mass is 9.72. The molecule has 6 rings (SSSR count). The molecule has 2 aromatic carbocycles. The average Bonchev–Trinajstić information content (AvgIpc) is 3.23. The van der Waals surface area contributed by atoms with Gasteiger partial charge in [0, 0.05) is 37.3 Å². The lowest BCUT2D eigenvalue weighted by Gasteiger charge is -2.46. The van der Waals surface area contributed by atoms with Crippen LogP contribution in [0, 0.1) is 5.82 Å². The second-order valence-corrected chi connectivity index (χ2v) is 11.2. The molecule has 1 N–H and O–H groups in total. The smallest absolute Gasteiger partial charge is 0.258 e. The summed E-state index contributed by atoms with van der Waals surface area (Å²) in [5.74, 6) is 0.383. The van der Waals surface area contributed by atoms with E-state index < -0.39 is 5.54 Å². The maximum absolute atomic E-state index is 14.8. The van der Waals surface area contributed by atoms with Gasteiger partial charge in [-0.25, -0.2) is 4.39 Å². The van der Waals surface area contributed by atoms with Crippen LogP contribution in [-0.4, -0.2) is 73.1 Å². The van der Waals surface area contributed by atoms with Crippen molar-refractivity contribution in [1.82, 2.24) is 15.1 Å². The van der Waals surface area contributed by atoms with Gasteiger partial charge < -0.3 is 19.7 Å².